The summed E-state index contributed by atoms with van der Waals surface area (Å²) in [4.78, 5) is 12.1. The highest BCUT2D eigenvalue weighted by Crippen LogP contribution is 2.18. The van der Waals surface area contributed by atoms with Crippen LogP contribution in [0.2, 0.25) is 0 Å². The maximum atomic E-state index is 12.1. The van der Waals surface area contributed by atoms with E-state index in [0.717, 1.165) is 11.4 Å². The van der Waals surface area contributed by atoms with Crippen molar-refractivity contribution in [2.24, 2.45) is 0 Å². The van der Waals surface area contributed by atoms with Crippen LogP contribution in [0.15, 0.2) is 0 Å². The minimum Gasteiger partial charge on any atom is -0.294 e. The molecule has 20 heavy (non-hydrogen) atoms. The van der Waals surface area contributed by atoms with Crippen molar-refractivity contribution in [2.45, 2.75) is 53.5 Å². The Bertz CT molecular complexity index is 573. The Morgan fingerprint density at radius 3 is 2.25 bits per heavy atom. The van der Waals surface area contributed by atoms with Crippen LogP contribution in [0.5, 0.6) is 0 Å². The standard InChI is InChI=1S/C14H24N2O3S/c1-5-11-14(13(17)7-3)12(6-2)16(15-11)9-10-20(18,19)8-4/h5-10H2,1-4H3. The maximum absolute atomic E-state index is 12.1. The van der Waals surface area contributed by atoms with Gasteiger partial charge in [-0.1, -0.05) is 27.7 Å². The van der Waals surface area contributed by atoms with E-state index >= 15 is 0 Å². The van der Waals surface area contributed by atoms with E-state index in [4.69, 9.17) is 0 Å². The zero-order chi connectivity index (χ0) is 15.3. The number of carbonyl (C=O) groups is 1. The molecule has 0 N–H and O–H groups in total. The molecule has 0 atom stereocenters. The monoisotopic (exact) mass is 300 g/mol. The number of hydrogen-bond acceptors (Lipinski definition) is 4. The molecule has 0 unspecified atom stereocenters. The fourth-order valence-corrected chi connectivity index (χ4v) is 2.95. The van der Waals surface area contributed by atoms with E-state index in [9.17, 15) is 13.2 Å². The van der Waals surface area contributed by atoms with Crippen LogP contribution < -0.4 is 0 Å². The molecule has 0 aromatic carbocycles. The van der Waals surface area contributed by atoms with Gasteiger partial charge in [0.1, 0.15) is 0 Å². The Kier molecular flexibility index (Phi) is 5.92. The van der Waals surface area contributed by atoms with Gasteiger partial charge in [0.25, 0.3) is 0 Å². The second-order valence-electron chi connectivity index (χ2n) is 4.71. The lowest BCUT2D eigenvalue weighted by molar-refractivity contribution is 0.0986. The molecule has 1 aromatic rings. The van der Waals surface area contributed by atoms with Crippen LogP contribution in [-0.2, 0) is 29.2 Å². The van der Waals surface area contributed by atoms with Gasteiger partial charge in [0.15, 0.2) is 15.6 Å². The number of rotatable bonds is 8. The molecule has 1 heterocycles. The predicted molar refractivity (Wildman–Crippen MR) is 79.9 cm³/mol. The van der Waals surface area contributed by atoms with Crippen molar-refractivity contribution >= 4 is 15.6 Å². The summed E-state index contributed by atoms with van der Waals surface area (Å²) in [6, 6.07) is 0. The van der Waals surface area contributed by atoms with Gasteiger partial charge in [-0.3, -0.25) is 9.48 Å². The largest absolute Gasteiger partial charge is 0.294 e. The number of aromatic nitrogens is 2. The number of sulfone groups is 1. The highest BCUT2D eigenvalue weighted by atomic mass is 32.2. The Morgan fingerprint density at radius 1 is 1.15 bits per heavy atom. The van der Waals surface area contributed by atoms with E-state index in [1.165, 1.54) is 0 Å². The van der Waals surface area contributed by atoms with Gasteiger partial charge in [-0.25, -0.2) is 8.42 Å². The second-order valence-corrected chi connectivity index (χ2v) is 7.18. The van der Waals surface area contributed by atoms with Crippen LogP contribution >= 0.6 is 0 Å². The molecule has 0 fully saturated rings. The molecule has 0 aliphatic carbocycles. The SMILES string of the molecule is CCC(=O)c1c(CC)nn(CCS(=O)(=O)CC)c1CC. The van der Waals surface area contributed by atoms with Crippen LogP contribution in [0, 0.1) is 0 Å². The fourth-order valence-electron chi connectivity index (χ4n) is 2.21. The lowest BCUT2D eigenvalue weighted by Gasteiger charge is -2.07. The zero-order valence-corrected chi connectivity index (χ0v) is 13.6. The predicted octanol–water partition coefficient (Wildman–Crippen LogP) is 2.04. The van der Waals surface area contributed by atoms with E-state index < -0.39 is 9.84 Å². The summed E-state index contributed by atoms with van der Waals surface area (Å²) >= 11 is 0. The smallest absolute Gasteiger partial charge is 0.166 e. The van der Waals surface area contributed by atoms with Crippen LogP contribution in [0.4, 0.5) is 0 Å². The summed E-state index contributed by atoms with van der Waals surface area (Å²) in [5.41, 5.74) is 2.34. The molecule has 0 aliphatic rings. The molecule has 0 aliphatic heterocycles. The lowest BCUT2D eigenvalue weighted by Crippen LogP contribution is -2.17. The average Bonchev–Trinajstić information content (AvgIpc) is 2.82. The van der Waals surface area contributed by atoms with Crippen molar-refractivity contribution in [2.75, 3.05) is 11.5 Å². The summed E-state index contributed by atoms with van der Waals surface area (Å²) in [7, 11) is -3.02. The minimum atomic E-state index is -3.02. The molecule has 0 radical (unpaired) electrons. The van der Waals surface area contributed by atoms with Gasteiger partial charge in [0.05, 0.1) is 23.6 Å². The molecular formula is C14H24N2O3S. The fraction of sp³-hybridized carbons (Fsp3) is 0.714. The molecule has 0 spiro atoms. The number of carbonyl (C=O) groups excluding carboxylic acids is 1. The first-order chi connectivity index (χ1) is 9.40. The number of hydrogen-bond donors (Lipinski definition) is 0. The molecule has 0 saturated carbocycles. The molecule has 0 saturated heterocycles. The average molecular weight is 300 g/mol. The van der Waals surface area contributed by atoms with Gasteiger partial charge in [0.2, 0.25) is 0 Å². The highest BCUT2D eigenvalue weighted by molar-refractivity contribution is 7.91. The third-order valence-corrected chi connectivity index (χ3v) is 5.14. The first-order valence-corrected chi connectivity index (χ1v) is 9.04. The summed E-state index contributed by atoms with van der Waals surface area (Å²) in [6.45, 7) is 7.72. The molecule has 5 nitrogen and oxygen atoms in total. The van der Waals surface area contributed by atoms with E-state index in [1.54, 1.807) is 11.6 Å². The molecule has 114 valence electrons. The van der Waals surface area contributed by atoms with Gasteiger partial charge in [-0.15, -0.1) is 0 Å². The van der Waals surface area contributed by atoms with Crippen molar-refractivity contribution < 1.29 is 13.2 Å². The number of Topliss-reactive ketones (excluding diaryl/α,β-unsaturated/α-hetero) is 1. The molecular weight excluding hydrogens is 276 g/mol. The van der Waals surface area contributed by atoms with Gasteiger partial charge in [-0.2, -0.15) is 5.10 Å². The van der Waals surface area contributed by atoms with Crippen molar-refractivity contribution in [1.82, 2.24) is 9.78 Å². The normalized spacial score (nSPS) is 11.8. The highest BCUT2D eigenvalue weighted by Gasteiger charge is 2.21. The van der Waals surface area contributed by atoms with E-state index in [0.29, 0.717) is 31.4 Å². The Morgan fingerprint density at radius 2 is 1.80 bits per heavy atom. The van der Waals surface area contributed by atoms with E-state index in [-0.39, 0.29) is 17.3 Å². The van der Waals surface area contributed by atoms with Gasteiger partial charge < -0.3 is 0 Å². The Labute approximate surface area is 121 Å². The van der Waals surface area contributed by atoms with Crippen LogP contribution in [-0.4, -0.2) is 35.5 Å². The summed E-state index contributed by atoms with van der Waals surface area (Å²) in [5, 5.41) is 4.44. The Hall–Kier alpha value is -1.17. The number of aryl methyl sites for hydroxylation is 2. The quantitative estimate of drug-likeness (QED) is 0.689. The summed E-state index contributed by atoms with van der Waals surface area (Å²) < 4.78 is 24.9. The number of nitrogens with zero attached hydrogens (tertiary/aromatic N) is 2. The molecule has 1 rings (SSSR count). The van der Waals surface area contributed by atoms with E-state index in [2.05, 4.69) is 5.10 Å². The maximum Gasteiger partial charge on any atom is 0.166 e. The third-order valence-electron chi connectivity index (χ3n) is 3.45. The van der Waals surface area contributed by atoms with Gasteiger partial charge in [0, 0.05) is 17.9 Å². The Balaban J connectivity index is 3.15. The topological polar surface area (TPSA) is 69.0 Å². The van der Waals surface area contributed by atoms with E-state index in [1.807, 2.05) is 20.8 Å². The van der Waals surface area contributed by atoms with Crippen molar-refractivity contribution in [1.29, 1.82) is 0 Å². The van der Waals surface area contributed by atoms with Crippen LogP contribution in [0.1, 0.15) is 55.9 Å². The second kappa shape index (κ2) is 7.02. The molecule has 6 heteroatoms. The van der Waals surface area contributed by atoms with Crippen molar-refractivity contribution in [3.63, 3.8) is 0 Å². The van der Waals surface area contributed by atoms with Crippen LogP contribution in [0.3, 0.4) is 0 Å². The van der Waals surface area contributed by atoms with Crippen molar-refractivity contribution in [3.05, 3.63) is 17.0 Å². The third kappa shape index (κ3) is 3.69. The first-order valence-electron chi connectivity index (χ1n) is 7.22. The molecule has 0 amide bonds. The minimum absolute atomic E-state index is 0.0705. The molecule has 1 aromatic heterocycles. The first kappa shape index (κ1) is 16.9. The zero-order valence-electron chi connectivity index (χ0n) is 12.8. The lowest BCUT2D eigenvalue weighted by atomic mass is 10.0. The molecule has 0 bridgehead atoms. The van der Waals surface area contributed by atoms with Crippen LogP contribution in [0.25, 0.3) is 0 Å². The van der Waals surface area contributed by atoms with Gasteiger partial charge in [-0.05, 0) is 12.8 Å². The summed E-state index contributed by atoms with van der Waals surface area (Å²) in [5.74, 6) is 0.293. The number of ketones is 1. The summed E-state index contributed by atoms with van der Waals surface area (Å²) in [6.07, 6.45) is 1.81. The van der Waals surface area contributed by atoms with Crippen molar-refractivity contribution in [3.8, 4) is 0 Å². The van der Waals surface area contributed by atoms with Gasteiger partial charge >= 0.3 is 0 Å².